The standard InChI is InChI=1S/C15H20N6O3/c1-20-10-12(14(19-20)23-2)13(22)17-9-11-3-4-16-15(18-11)21-5-7-24-8-6-21/h3-4,10H,5-9H2,1-2H3,(H,17,22). The zero-order valence-corrected chi connectivity index (χ0v) is 13.7. The van der Waals surface area contributed by atoms with Crippen LogP contribution in [0.4, 0.5) is 5.95 Å². The van der Waals surface area contributed by atoms with Gasteiger partial charge in [-0.15, -0.1) is 5.10 Å². The Labute approximate surface area is 139 Å². The maximum absolute atomic E-state index is 12.3. The first-order valence-electron chi connectivity index (χ1n) is 7.68. The number of nitrogens with one attached hydrogen (secondary N) is 1. The van der Waals surface area contributed by atoms with Crippen molar-refractivity contribution < 1.29 is 14.3 Å². The van der Waals surface area contributed by atoms with Crippen LogP contribution < -0.4 is 15.0 Å². The molecule has 1 amide bonds. The summed E-state index contributed by atoms with van der Waals surface area (Å²) < 4.78 is 12.0. The van der Waals surface area contributed by atoms with Crippen molar-refractivity contribution in [2.45, 2.75) is 6.54 Å². The lowest BCUT2D eigenvalue weighted by Gasteiger charge is -2.26. The minimum absolute atomic E-state index is 0.258. The molecule has 9 heteroatoms. The molecule has 3 rings (SSSR count). The minimum Gasteiger partial charge on any atom is -0.479 e. The smallest absolute Gasteiger partial charge is 0.258 e. The van der Waals surface area contributed by atoms with Gasteiger partial charge >= 0.3 is 0 Å². The zero-order valence-electron chi connectivity index (χ0n) is 13.7. The number of methoxy groups -OCH3 is 1. The number of carbonyl (C=O) groups is 1. The number of morpholine rings is 1. The van der Waals surface area contributed by atoms with Crippen LogP contribution in [0.3, 0.4) is 0 Å². The second-order valence-corrected chi connectivity index (χ2v) is 5.36. The summed E-state index contributed by atoms with van der Waals surface area (Å²) in [5.41, 5.74) is 1.13. The number of aromatic nitrogens is 4. The molecule has 0 radical (unpaired) electrons. The maximum atomic E-state index is 12.3. The highest BCUT2D eigenvalue weighted by atomic mass is 16.5. The van der Waals surface area contributed by atoms with E-state index in [1.165, 1.54) is 11.8 Å². The fourth-order valence-electron chi connectivity index (χ4n) is 2.44. The van der Waals surface area contributed by atoms with Crippen LogP contribution in [-0.4, -0.2) is 59.1 Å². The Balaban J connectivity index is 1.64. The molecule has 1 fully saturated rings. The fourth-order valence-corrected chi connectivity index (χ4v) is 2.44. The van der Waals surface area contributed by atoms with E-state index in [0.717, 1.165) is 18.8 Å². The molecule has 1 saturated heterocycles. The number of ether oxygens (including phenoxy) is 2. The van der Waals surface area contributed by atoms with E-state index in [2.05, 4.69) is 25.3 Å². The van der Waals surface area contributed by atoms with Crippen molar-refractivity contribution in [3.05, 3.63) is 29.7 Å². The van der Waals surface area contributed by atoms with Crippen molar-refractivity contribution >= 4 is 11.9 Å². The molecule has 128 valence electrons. The highest BCUT2D eigenvalue weighted by Gasteiger charge is 2.17. The van der Waals surface area contributed by atoms with Crippen LogP contribution in [0.15, 0.2) is 18.5 Å². The van der Waals surface area contributed by atoms with Gasteiger partial charge < -0.3 is 19.7 Å². The molecule has 0 aromatic carbocycles. The van der Waals surface area contributed by atoms with Gasteiger partial charge in [0.25, 0.3) is 5.91 Å². The van der Waals surface area contributed by atoms with Gasteiger partial charge in [0.15, 0.2) is 0 Å². The molecule has 0 bridgehead atoms. The van der Waals surface area contributed by atoms with Gasteiger partial charge in [-0.25, -0.2) is 9.97 Å². The SMILES string of the molecule is COc1nn(C)cc1C(=O)NCc1ccnc(N2CCOCC2)n1. The molecule has 0 spiro atoms. The molecule has 1 aliphatic rings. The van der Waals surface area contributed by atoms with Gasteiger partial charge in [0.05, 0.1) is 32.6 Å². The lowest BCUT2D eigenvalue weighted by atomic mass is 10.3. The third-order valence-corrected chi connectivity index (χ3v) is 3.66. The molecular formula is C15H20N6O3. The second-order valence-electron chi connectivity index (χ2n) is 5.36. The van der Waals surface area contributed by atoms with E-state index < -0.39 is 0 Å². The fraction of sp³-hybridized carbons (Fsp3) is 0.467. The normalized spacial score (nSPS) is 14.5. The molecule has 2 aromatic rings. The highest BCUT2D eigenvalue weighted by Crippen LogP contribution is 2.15. The van der Waals surface area contributed by atoms with Gasteiger partial charge in [-0.3, -0.25) is 9.48 Å². The van der Waals surface area contributed by atoms with Crippen LogP contribution >= 0.6 is 0 Å². The number of hydrogen-bond acceptors (Lipinski definition) is 7. The first-order chi connectivity index (χ1) is 11.7. The lowest BCUT2D eigenvalue weighted by Crippen LogP contribution is -2.37. The van der Waals surface area contributed by atoms with Crippen LogP contribution in [0.2, 0.25) is 0 Å². The van der Waals surface area contributed by atoms with E-state index in [4.69, 9.17) is 9.47 Å². The quantitative estimate of drug-likeness (QED) is 0.822. The van der Waals surface area contributed by atoms with Gasteiger partial charge in [0, 0.05) is 32.5 Å². The van der Waals surface area contributed by atoms with Crippen LogP contribution in [-0.2, 0) is 18.3 Å². The molecule has 9 nitrogen and oxygen atoms in total. The maximum Gasteiger partial charge on any atom is 0.258 e. The van der Waals surface area contributed by atoms with E-state index in [9.17, 15) is 4.79 Å². The highest BCUT2D eigenvalue weighted by molar-refractivity contribution is 5.96. The number of amides is 1. The van der Waals surface area contributed by atoms with Crippen molar-refractivity contribution in [3.63, 3.8) is 0 Å². The van der Waals surface area contributed by atoms with E-state index in [-0.39, 0.29) is 5.91 Å². The first kappa shape index (κ1) is 16.2. The minimum atomic E-state index is -0.258. The first-order valence-corrected chi connectivity index (χ1v) is 7.68. The lowest BCUT2D eigenvalue weighted by molar-refractivity contribution is 0.0947. The average Bonchev–Trinajstić information content (AvgIpc) is 3.02. The molecule has 0 atom stereocenters. The Kier molecular flexibility index (Phi) is 4.90. The largest absolute Gasteiger partial charge is 0.479 e. The van der Waals surface area contributed by atoms with Crippen LogP contribution in [0.25, 0.3) is 0 Å². The van der Waals surface area contributed by atoms with E-state index in [0.29, 0.717) is 37.2 Å². The molecule has 3 heterocycles. The summed E-state index contributed by atoms with van der Waals surface area (Å²) in [6, 6.07) is 1.78. The van der Waals surface area contributed by atoms with E-state index >= 15 is 0 Å². The summed E-state index contributed by atoms with van der Waals surface area (Å²) in [6.45, 7) is 3.18. The predicted molar refractivity (Wildman–Crippen MR) is 86.0 cm³/mol. The molecule has 1 aliphatic heterocycles. The van der Waals surface area contributed by atoms with Gasteiger partial charge in [-0.2, -0.15) is 0 Å². The Hall–Kier alpha value is -2.68. The summed E-state index contributed by atoms with van der Waals surface area (Å²) >= 11 is 0. The number of nitrogens with zero attached hydrogens (tertiary/aromatic N) is 5. The predicted octanol–water partition coefficient (Wildman–Crippen LogP) is -0.0147. The third-order valence-electron chi connectivity index (χ3n) is 3.66. The molecule has 0 aliphatic carbocycles. The van der Waals surface area contributed by atoms with E-state index in [1.54, 1.807) is 25.5 Å². The molecule has 0 saturated carbocycles. The topological polar surface area (TPSA) is 94.4 Å². The molecule has 1 N–H and O–H groups in total. The van der Waals surface area contributed by atoms with Gasteiger partial charge in [0.2, 0.25) is 11.8 Å². The zero-order chi connectivity index (χ0) is 16.9. The molecule has 2 aromatic heterocycles. The summed E-state index contributed by atoms with van der Waals surface area (Å²) in [7, 11) is 3.22. The Morgan fingerprint density at radius 1 is 1.42 bits per heavy atom. The van der Waals surface area contributed by atoms with Gasteiger partial charge in [-0.1, -0.05) is 0 Å². The Morgan fingerprint density at radius 3 is 2.96 bits per heavy atom. The molecule has 24 heavy (non-hydrogen) atoms. The van der Waals surface area contributed by atoms with Crippen LogP contribution in [0.1, 0.15) is 16.1 Å². The van der Waals surface area contributed by atoms with Crippen LogP contribution in [0, 0.1) is 0 Å². The third kappa shape index (κ3) is 3.62. The Morgan fingerprint density at radius 2 is 2.21 bits per heavy atom. The number of aryl methyl sites for hydroxylation is 1. The number of carbonyl (C=O) groups excluding carboxylic acids is 1. The summed E-state index contributed by atoms with van der Waals surface area (Å²) in [5, 5.41) is 6.90. The van der Waals surface area contributed by atoms with Crippen LogP contribution in [0.5, 0.6) is 5.88 Å². The van der Waals surface area contributed by atoms with Gasteiger partial charge in [-0.05, 0) is 6.07 Å². The van der Waals surface area contributed by atoms with Crippen molar-refractivity contribution in [1.29, 1.82) is 0 Å². The number of hydrogen-bond donors (Lipinski definition) is 1. The van der Waals surface area contributed by atoms with Crippen molar-refractivity contribution in [1.82, 2.24) is 25.1 Å². The van der Waals surface area contributed by atoms with E-state index in [1.807, 2.05) is 0 Å². The van der Waals surface area contributed by atoms with Gasteiger partial charge in [0.1, 0.15) is 5.56 Å². The van der Waals surface area contributed by atoms with Crippen molar-refractivity contribution in [2.24, 2.45) is 7.05 Å². The number of anilines is 1. The second kappa shape index (κ2) is 7.26. The molecular weight excluding hydrogens is 312 g/mol. The summed E-state index contributed by atoms with van der Waals surface area (Å²) in [6.07, 6.45) is 3.32. The summed E-state index contributed by atoms with van der Waals surface area (Å²) in [4.78, 5) is 23.1. The monoisotopic (exact) mass is 332 g/mol. The summed E-state index contributed by atoms with van der Waals surface area (Å²) in [5.74, 6) is 0.696. The Bertz CT molecular complexity index is 711. The average molecular weight is 332 g/mol. The van der Waals surface area contributed by atoms with Crippen molar-refractivity contribution in [2.75, 3.05) is 38.3 Å². The number of rotatable bonds is 5. The van der Waals surface area contributed by atoms with Crippen molar-refractivity contribution in [3.8, 4) is 5.88 Å². The molecule has 0 unspecified atom stereocenters.